The molecular weight excluding hydrogens is 260 g/mol. The molecule has 0 bridgehead atoms. The number of methoxy groups -OCH3 is 1. The van der Waals surface area contributed by atoms with Crippen LogP contribution in [0.25, 0.3) is 0 Å². The summed E-state index contributed by atoms with van der Waals surface area (Å²) in [7, 11) is 1.65. The van der Waals surface area contributed by atoms with E-state index in [1.54, 1.807) is 7.11 Å². The first-order chi connectivity index (χ1) is 9.19. The Morgan fingerprint density at radius 2 is 1.89 bits per heavy atom. The maximum Gasteiger partial charge on any atom is 0.118 e. The average molecular weight is 275 g/mol. The molecule has 0 heterocycles. The van der Waals surface area contributed by atoms with Gasteiger partial charge in [-0.15, -0.1) is 0 Å². The van der Waals surface area contributed by atoms with E-state index in [0.717, 1.165) is 22.7 Å². The Morgan fingerprint density at radius 1 is 1.16 bits per heavy atom. The average Bonchev–Trinajstić information content (AvgIpc) is 2.45. The van der Waals surface area contributed by atoms with Crippen LogP contribution in [0, 0.1) is 0 Å². The van der Waals surface area contributed by atoms with Gasteiger partial charge in [0.05, 0.1) is 18.5 Å². The van der Waals surface area contributed by atoms with Crippen molar-refractivity contribution in [3.63, 3.8) is 0 Å². The number of nitrogens with one attached hydrogen (secondary N) is 1. The van der Waals surface area contributed by atoms with Gasteiger partial charge in [0, 0.05) is 5.02 Å². The SMILES string of the molecule is COc1ccc(/C(C)=N\Nc2cccc(Cl)c2)cc1. The summed E-state index contributed by atoms with van der Waals surface area (Å²) in [6.07, 6.45) is 0. The standard InChI is InChI=1S/C15H15ClN2O/c1-11(12-6-8-15(19-2)9-7-12)17-18-14-5-3-4-13(16)10-14/h3-10,18H,1-2H3/b17-11-. The van der Waals surface area contributed by atoms with Crippen molar-refractivity contribution in [1.82, 2.24) is 0 Å². The summed E-state index contributed by atoms with van der Waals surface area (Å²) in [4.78, 5) is 0. The van der Waals surface area contributed by atoms with Crippen LogP contribution in [0.1, 0.15) is 12.5 Å². The lowest BCUT2D eigenvalue weighted by Crippen LogP contribution is -1.99. The van der Waals surface area contributed by atoms with Gasteiger partial charge in [-0.05, 0) is 55.0 Å². The second kappa shape index (κ2) is 6.25. The van der Waals surface area contributed by atoms with Crippen LogP contribution in [0.2, 0.25) is 5.02 Å². The van der Waals surface area contributed by atoms with Crippen molar-refractivity contribution >= 4 is 23.0 Å². The summed E-state index contributed by atoms with van der Waals surface area (Å²) in [5.41, 5.74) is 5.77. The van der Waals surface area contributed by atoms with Crippen molar-refractivity contribution in [2.75, 3.05) is 12.5 Å². The van der Waals surface area contributed by atoms with E-state index >= 15 is 0 Å². The van der Waals surface area contributed by atoms with Gasteiger partial charge in [0.15, 0.2) is 0 Å². The Bertz CT molecular complexity index is 579. The minimum absolute atomic E-state index is 0.683. The van der Waals surface area contributed by atoms with Crippen molar-refractivity contribution in [2.45, 2.75) is 6.92 Å². The third-order valence-corrected chi connectivity index (χ3v) is 2.92. The van der Waals surface area contributed by atoms with Gasteiger partial charge >= 0.3 is 0 Å². The van der Waals surface area contributed by atoms with E-state index in [0.29, 0.717) is 5.02 Å². The molecule has 2 rings (SSSR count). The molecule has 0 aliphatic rings. The summed E-state index contributed by atoms with van der Waals surface area (Å²) >= 11 is 5.91. The third-order valence-electron chi connectivity index (χ3n) is 2.69. The minimum Gasteiger partial charge on any atom is -0.497 e. The molecule has 0 radical (unpaired) electrons. The quantitative estimate of drug-likeness (QED) is 0.670. The number of hydrogen-bond acceptors (Lipinski definition) is 3. The van der Waals surface area contributed by atoms with Gasteiger partial charge < -0.3 is 4.74 Å². The lowest BCUT2D eigenvalue weighted by molar-refractivity contribution is 0.415. The fourth-order valence-electron chi connectivity index (χ4n) is 1.60. The molecule has 0 unspecified atom stereocenters. The highest BCUT2D eigenvalue weighted by molar-refractivity contribution is 6.30. The highest BCUT2D eigenvalue weighted by Gasteiger charge is 1.98. The molecule has 0 aromatic heterocycles. The molecule has 4 heteroatoms. The Labute approximate surface area is 117 Å². The van der Waals surface area contributed by atoms with Crippen molar-refractivity contribution < 1.29 is 4.74 Å². The lowest BCUT2D eigenvalue weighted by atomic mass is 10.1. The van der Waals surface area contributed by atoms with Gasteiger partial charge in [0.1, 0.15) is 5.75 Å². The Kier molecular flexibility index (Phi) is 4.42. The van der Waals surface area contributed by atoms with Crippen LogP contribution >= 0.6 is 11.6 Å². The largest absolute Gasteiger partial charge is 0.497 e. The van der Waals surface area contributed by atoms with Gasteiger partial charge in [-0.2, -0.15) is 5.10 Å². The number of halogens is 1. The first-order valence-electron chi connectivity index (χ1n) is 5.89. The summed E-state index contributed by atoms with van der Waals surface area (Å²) < 4.78 is 5.12. The van der Waals surface area contributed by atoms with Gasteiger partial charge in [0.25, 0.3) is 0 Å². The van der Waals surface area contributed by atoms with Gasteiger partial charge in [-0.1, -0.05) is 17.7 Å². The Morgan fingerprint density at radius 3 is 2.53 bits per heavy atom. The second-order valence-electron chi connectivity index (χ2n) is 4.05. The van der Waals surface area contributed by atoms with Crippen LogP contribution in [-0.4, -0.2) is 12.8 Å². The summed E-state index contributed by atoms with van der Waals surface area (Å²) in [6, 6.07) is 15.2. The lowest BCUT2D eigenvalue weighted by Gasteiger charge is -2.05. The molecule has 0 amide bonds. The zero-order chi connectivity index (χ0) is 13.7. The fraction of sp³-hybridized carbons (Fsp3) is 0.133. The Balaban J connectivity index is 2.09. The first-order valence-corrected chi connectivity index (χ1v) is 6.27. The van der Waals surface area contributed by atoms with Crippen LogP contribution in [0.5, 0.6) is 5.75 Å². The maximum absolute atomic E-state index is 5.91. The van der Waals surface area contributed by atoms with Crippen molar-refractivity contribution in [3.8, 4) is 5.75 Å². The zero-order valence-electron chi connectivity index (χ0n) is 10.9. The topological polar surface area (TPSA) is 33.6 Å². The minimum atomic E-state index is 0.683. The van der Waals surface area contributed by atoms with E-state index in [1.165, 1.54) is 0 Å². The van der Waals surface area contributed by atoms with Gasteiger partial charge in [-0.25, -0.2) is 0 Å². The predicted octanol–water partition coefficient (Wildman–Crippen LogP) is 4.18. The van der Waals surface area contributed by atoms with Crippen LogP contribution in [-0.2, 0) is 0 Å². The second-order valence-corrected chi connectivity index (χ2v) is 4.48. The number of rotatable bonds is 4. The zero-order valence-corrected chi connectivity index (χ0v) is 11.6. The number of benzene rings is 2. The summed E-state index contributed by atoms with van der Waals surface area (Å²) in [5, 5.41) is 5.01. The molecule has 0 aliphatic carbocycles. The summed E-state index contributed by atoms with van der Waals surface area (Å²) in [5.74, 6) is 0.833. The van der Waals surface area contributed by atoms with Crippen molar-refractivity contribution in [3.05, 3.63) is 59.1 Å². The molecular formula is C15H15ClN2O. The molecule has 0 aliphatic heterocycles. The van der Waals surface area contributed by atoms with Crippen LogP contribution in [0.3, 0.4) is 0 Å². The van der Waals surface area contributed by atoms with E-state index in [4.69, 9.17) is 16.3 Å². The van der Waals surface area contributed by atoms with Crippen LogP contribution in [0.4, 0.5) is 5.69 Å². The highest BCUT2D eigenvalue weighted by atomic mass is 35.5. The summed E-state index contributed by atoms with van der Waals surface area (Å²) in [6.45, 7) is 1.94. The Hall–Kier alpha value is -2.00. The molecule has 0 saturated carbocycles. The monoisotopic (exact) mass is 274 g/mol. The number of hydrogen-bond donors (Lipinski definition) is 1. The molecule has 98 valence electrons. The van der Waals surface area contributed by atoms with Crippen LogP contribution in [0.15, 0.2) is 53.6 Å². The molecule has 2 aromatic rings. The third kappa shape index (κ3) is 3.73. The maximum atomic E-state index is 5.91. The molecule has 0 fully saturated rings. The number of ether oxygens (including phenoxy) is 1. The molecule has 3 nitrogen and oxygen atoms in total. The van der Waals surface area contributed by atoms with Gasteiger partial charge in [-0.3, -0.25) is 5.43 Å². The van der Waals surface area contributed by atoms with E-state index < -0.39 is 0 Å². The highest BCUT2D eigenvalue weighted by Crippen LogP contribution is 2.16. The molecule has 0 atom stereocenters. The van der Waals surface area contributed by atoms with Crippen molar-refractivity contribution in [1.29, 1.82) is 0 Å². The van der Waals surface area contributed by atoms with Crippen molar-refractivity contribution in [2.24, 2.45) is 5.10 Å². The normalized spacial score (nSPS) is 11.2. The van der Waals surface area contributed by atoms with Gasteiger partial charge in [0.2, 0.25) is 0 Å². The first kappa shape index (κ1) is 13.4. The van der Waals surface area contributed by atoms with E-state index in [-0.39, 0.29) is 0 Å². The van der Waals surface area contributed by atoms with E-state index in [1.807, 2.05) is 55.5 Å². The molecule has 2 aromatic carbocycles. The smallest absolute Gasteiger partial charge is 0.118 e. The van der Waals surface area contributed by atoms with E-state index in [2.05, 4.69) is 10.5 Å². The number of hydrazone groups is 1. The predicted molar refractivity (Wildman–Crippen MR) is 80.3 cm³/mol. The molecule has 0 spiro atoms. The number of anilines is 1. The molecule has 19 heavy (non-hydrogen) atoms. The fourth-order valence-corrected chi connectivity index (χ4v) is 1.79. The number of nitrogens with zero attached hydrogens (tertiary/aromatic N) is 1. The molecule has 1 N–H and O–H groups in total. The van der Waals surface area contributed by atoms with E-state index in [9.17, 15) is 0 Å². The molecule has 0 saturated heterocycles. The van der Waals surface area contributed by atoms with Crippen LogP contribution < -0.4 is 10.2 Å².